The quantitative estimate of drug-likeness (QED) is 0.149. The van der Waals surface area contributed by atoms with Crippen LogP contribution in [-0.2, 0) is 37.9 Å². The van der Waals surface area contributed by atoms with Crippen LogP contribution in [0.4, 0.5) is 34.1 Å². The number of aromatic nitrogens is 2. The average molecular weight is 1460 g/mol. The van der Waals surface area contributed by atoms with E-state index in [1.54, 1.807) is 0 Å². The van der Waals surface area contributed by atoms with Crippen molar-refractivity contribution in [3.05, 3.63) is 294 Å². The molecule has 0 fully saturated rings. The Kier molecular flexibility index (Phi) is 16.3. The Hall–Kier alpha value is -11.1. The first-order chi connectivity index (χ1) is 53.0. The van der Waals surface area contributed by atoms with Gasteiger partial charge >= 0.3 is 0 Å². The van der Waals surface area contributed by atoms with Gasteiger partial charge in [-0.05, 0) is 225 Å². The molecular formula is C106H105BN4O. The second kappa shape index (κ2) is 25.2. The lowest BCUT2D eigenvalue weighted by Crippen LogP contribution is -2.61. The van der Waals surface area contributed by atoms with Gasteiger partial charge in [-0.3, -0.25) is 0 Å². The molecule has 558 valence electrons. The molecule has 0 unspecified atom stereocenters. The molecule has 2 aliphatic heterocycles. The monoisotopic (exact) mass is 1460 g/mol. The lowest BCUT2D eigenvalue weighted by atomic mass is 9.33. The van der Waals surface area contributed by atoms with Gasteiger partial charge in [0.25, 0.3) is 6.71 Å². The Bertz CT molecular complexity index is 6340. The largest absolute Gasteiger partial charge is 0.456 e. The zero-order valence-electron chi connectivity index (χ0n) is 69.5. The van der Waals surface area contributed by atoms with E-state index in [0.717, 1.165) is 89.7 Å². The van der Waals surface area contributed by atoms with Gasteiger partial charge in [-0.1, -0.05) is 285 Å². The molecule has 3 aromatic heterocycles. The van der Waals surface area contributed by atoms with E-state index in [2.05, 4.69) is 419 Å². The molecule has 112 heavy (non-hydrogen) atoms. The molecule has 0 bridgehead atoms. The number of hydrogen-bond donors (Lipinski definition) is 0. The average Bonchev–Trinajstić information content (AvgIpc) is 0.868. The Labute approximate surface area is 663 Å². The van der Waals surface area contributed by atoms with Crippen molar-refractivity contribution in [1.82, 2.24) is 9.13 Å². The molecule has 16 aromatic rings. The van der Waals surface area contributed by atoms with E-state index in [1.165, 1.54) is 110 Å². The summed E-state index contributed by atoms with van der Waals surface area (Å²) in [5.41, 5.74) is 34.0. The summed E-state index contributed by atoms with van der Waals surface area (Å²) in [5.74, 6) is 0. The summed E-state index contributed by atoms with van der Waals surface area (Å²) in [6, 6.07) is 99.5. The molecule has 0 radical (unpaired) electrons. The topological polar surface area (TPSA) is 29.5 Å². The van der Waals surface area contributed by atoms with Crippen molar-refractivity contribution in [3.63, 3.8) is 0 Å². The zero-order chi connectivity index (χ0) is 78.6. The fraction of sp³-hybridized carbons (Fsp3) is 0.264. The minimum absolute atomic E-state index is 0.0652. The zero-order valence-corrected chi connectivity index (χ0v) is 69.5. The van der Waals surface area contributed by atoms with Gasteiger partial charge in [0.2, 0.25) is 0 Å². The summed E-state index contributed by atoms with van der Waals surface area (Å²) >= 11 is 0. The first kappa shape index (κ1) is 72.5. The number of furan rings is 1. The van der Waals surface area contributed by atoms with Crippen LogP contribution in [0.25, 0.3) is 110 Å². The van der Waals surface area contributed by atoms with E-state index in [0.29, 0.717) is 0 Å². The third-order valence-corrected chi connectivity index (χ3v) is 24.6. The number of hydrogen-bond acceptors (Lipinski definition) is 3. The third-order valence-electron chi connectivity index (χ3n) is 24.6. The molecule has 13 aromatic carbocycles. The lowest BCUT2D eigenvalue weighted by molar-refractivity contribution is 0.590. The highest BCUT2D eigenvalue weighted by Gasteiger charge is 2.47. The number of para-hydroxylation sites is 1. The predicted octanol–water partition coefficient (Wildman–Crippen LogP) is 27.9. The van der Waals surface area contributed by atoms with Crippen molar-refractivity contribution in [2.75, 3.05) is 9.80 Å². The molecule has 5 nitrogen and oxygen atoms in total. The lowest BCUT2D eigenvalue weighted by Gasteiger charge is -2.46. The normalized spacial score (nSPS) is 13.7. The van der Waals surface area contributed by atoms with Crippen molar-refractivity contribution in [2.45, 2.75) is 183 Å². The molecule has 0 aliphatic carbocycles. The summed E-state index contributed by atoms with van der Waals surface area (Å²) in [5, 5.41) is 7.18. The first-order valence-electron chi connectivity index (χ1n) is 40.6. The molecule has 0 amide bonds. The van der Waals surface area contributed by atoms with Gasteiger partial charge in [-0.25, -0.2) is 0 Å². The van der Waals surface area contributed by atoms with Crippen molar-refractivity contribution in [1.29, 1.82) is 0 Å². The van der Waals surface area contributed by atoms with E-state index in [9.17, 15) is 0 Å². The number of fused-ring (bicyclic) bond motifs is 13. The van der Waals surface area contributed by atoms with Crippen molar-refractivity contribution < 1.29 is 4.42 Å². The summed E-state index contributed by atoms with van der Waals surface area (Å²) in [7, 11) is 0. The van der Waals surface area contributed by atoms with Crippen LogP contribution in [0.3, 0.4) is 0 Å². The van der Waals surface area contributed by atoms with E-state index >= 15 is 0 Å². The molecule has 5 heterocycles. The number of benzene rings is 13. The highest BCUT2D eigenvalue weighted by molar-refractivity contribution is 7.00. The maximum Gasteiger partial charge on any atom is 0.252 e. The van der Waals surface area contributed by atoms with Crippen molar-refractivity contribution in [2.24, 2.45) is 0 Å². The summed E-state index contributed by atoms with van der Waals surface area (Å²) < 4.78 is 12.3. The standard InChI is InChI=1S/C106H105BN4O/c1-100(2,3)67-36-30-35-66(53-67)76-45-52-95-96(77-37-28-29-38-94(77)112-95)99(76)111-91-63-75(109-88-50-41-70(103(10,11)12)56-82(88)83-57-71(104(13,14)15)42-51-89(83)109)44-47-85(91)107-84-46-43-74(108-86-48-39-68(101(4,5)6)54-80(86)81-55-69(102(7,8)9)40-49-87(81)108)62-90(84)110(92-60-73(106(19,20)21)61-93(111)97(92)107)98-78(64-31-24-22-25-32-64)58-72(105(16,17)18)59-79(98)65-33-26-23-27-34-65/h22-63H,1-21H3. The summed E-state index contributed by atoms with van der Waals surface area (Å²) in [4.78, 5) is 5.47. The Balaban J connectivity index is 1.03. The Morgan fingerprint density at radius 2 is 0.625 bits per heavy atom. The van der Waals surface area contributed by atoms with Gasteiger partial charge < -0.3 is 23.4 Å². The van der Waals surface area contributed by atoms with Crippen LogP contribution in [0.2, 0.25) is 0 Å². The highest BCUT2D eigenvalue weighted by atomic mass is 16.3. The second-order valence-corrected chi connectivity index (χ2v) is 39.5. The van der Waals surface area contributed by atoms with Crippen LogP contribution < -0.4 is 26.2 Å². The Morgan fingerprint density at radius 1 is 0.250 bits per heavy atom. The van der Waals surface area contributed by atoms with Gasteiger partial charge in [-0.15, -0.1) is 0 Å². The van der Waals surface area contributed by atoms with Crippen LogP contribution in [0.1, 0.15) is 184 Å². The fourth-order valence-electron chi connectivity index (χ4n) is 18.0. The smallest absolute Gasteiger partial charge is 0.252 e. The maximum absolute atomic E-state index is 7.19. The molecule has 0 saturated carbocycles. The van der Waals surface area contributed by atoms with Crippen LogP contribution in [-0.4, -0.2) is 15.8 Å². The molecule has 0 saturated heterocycles. The Morgan fingerprint density at radius 3 is 1.04 bits per heavy atom. The predicted molar refractivity (Wildman–Crippen MR) is 484 cm³/mol. The van der Waals surface area contributed by atoms with Crippen molar-refractivity contribution >= 4 is 123 Å². The molecule has 18 rings (SSSR count). The minimum atomic E-state index is -0.358. The van der Waals surface area contributed by atoms with Gasteiger partial charge in [0.05, 0.1) is 38.8 Å². The number of anilines is 6. The van der Waals surface area contributed by atoms with Gasteiger partial charge in [-0.2, -0.15) is 0 Å². The van der Waals surface area contributed by atoms with Crippen LogP contribution in [0.15, 0.2) is 259 Å². The number of rotatable bonds is 7. The van der Waals surface area contributed by atoms with Crippen LogP contribution in [0.5, 0.6) is 0 Å². The molecule has 6 heteroatoms. The van der Waals surface area contributed by atoms with Gasteiger partial charge in [0.1, 0.15) is 11.2 Å². The molecule has 0 N–H and O–H groups in total. The van der Waals surface area contributed by atoms with E-state index < -0.39 is 0 Å². The second-order valence-electron chi connectivity index (χ2n) is 39.5. The SMILES string of the molecule is CC(C)(C)c1cccc(-c2ccc3oc4ccccc4c3c2N2c3cc(-n4c5ccc(C(C)(C)C)cc5c5cc(C(C)(C)C)ccc54)ccc3B3c4ccc(-n5c6ccc(C(C)(C)C)cc6c6cc(C(C)(C)C)ccc65)cc4N(c4c(-c5ccccc5)cc(C(C)(C)C)cc4-c4ccccc4)c4cc(C(C)(C)C)cc2c43)c1. The maximum atomic E-state index is 7.19. The van der Waals surface area contributed by atoms with Gasteiger partial charge in [0, 0.05) is 77.7 Å². The molecular weight excluding hydrogens is 1360 g/mol. The van der Waals surface area contributed by atoms with Gasteiger partial charge in [0.15, 0.2) is 0 Å². The molecule has 0 spiro atoms. The van der Waals surface area contributed by atoms with Crippen LogP contribution >= 0.6 is 0 Å². The molecule has 0 atom stereocenters. The van der Waals surface area contributed by atoms with E-state index in [4.69, 9.17) is 4.42 Å². The van der Waals surface area contributed by atoms with E-state index in [1.807, 2.05) is 0 Å². The van der Waals surface area contributed by atoms with Crippen molar-refractivity contribution in [3.8, 4) is 44.8 Å². The minimum Gasteiger partial charge on any atom is -0.456 e. The fourth-order valence-corrected chi connectivity index (χ4v) is 18.0. The summed E-state index contributed by atoms with van der Waals surface area (Å²) in [6.45, 7) is 49.1. The third kappa shape index (κ3) is 11.9. The van der Waals surface area contributed by atoms with Crippen LogP contribution in [0, 0.1) is 0 Å². The summed E-state index contributed by atoms with van der Waals surface area (Å²) in [6.07, 6.45) is 0. The highest BCUT2D eigenvalue weighted by Crippen LogP contribution is 2.56. The molecule has 2 aliphatic rings. The van der Waals surface area contributed by atoms with E-state index in [-0.39, 0.29) is 44.6 Å². The first-order valence-corrected chi connectivity index (χ1v) is 40.6. The number of nitrogens with zero attached hydrogens (tertiary/aromatic N) is 4.